The summed E-state index contributed by atoms with van der Waals surface area (Å²) in [5.41, 5.74) is 0. The molecule has 0 spiro atoms. The van der Waals surface area contributed by atoms with Gasteiger partial charge in [-0.1, -0.05) is 0 Å². The van der Waals surface area contributed by atoms with Crippen LogP contribution < -0.4 is 5.32 Å². The first-order chi connectivity index (χ1) is 6.61. The molecule has 1 atom stereocenters. The molecule has 1 unspecified atom stereocenters. The Balaban J connectivity index is 2.72. The van der Waals surface area contributed by atoms with E-state index in [1.165, 1.54) is 4.31 Å². The number of nitrogens with one attached hydrogen (secondary N) is 1. The molecular formula is C8H15N3O2S. The van der Waals surface area contributed by atoms with Gasteiger partial charge in [0.1, 0.15) is 0 Å². The maximum atomic E-state index is 11.6. The van der Waals surface area contributed by atoms with Gasteiger partial charge in [0.25, 0.3) is 0 Å². The summed E-state index contributed by atoms with van der Waals surface area (Å²) in [7, 11) is -1.55. The van der Waals surface area contributed by atoms with Crippen molar-refractivity contribution in [3.8, 4) is 6.07 Å². The van der Waals surface area contributed by atoms with Crippen LogP contribution in [0.1, 0.15) is 12.8 Å². The summed E-state index contributed by atoms with van der Waals surface area (Å²) in [4.78, 5) is 0. The predicted molar refractivity (Wildman–Crippen MR) is 53.1 cm³/mol. The molecule has 0 aliphatic carbocycles. The average molecular weight is 217 g/mol. The Morgan fingerprint density at radius 1 is 1.64 bits per heavy atom. The molecule has 1 aliphatic heterocycles. The highest BCUT2D eigenvalue weighted by atomic mass is 32.2. The molecule has 0 aromatic rings. The van der Waals surface area contributed by atoms with Gasteiger partial charge >= 0.3 is 0 Å². The third-order valence-electron chi connectivity index (χ3n) is 2.37. The molecular weight excluding hydrogens is 202 g/mol. The number of nitriles is 1. The fourth-order valence-electron chi connectivity index (χ4n) is 1.78. The second-order valence-corrected chi connectivity index (χ2v) is 5.30. The van der Waals surface area contributed by atoms with Gasteiger partial charge in [0.15, 0.2) is 5.75 Å². The second-order valence-electron chi connectivity index (χ2n) is 3.38. The number of hydrogen-bond acceptors (Lipinski definition) is 4. The van der Waals surface area contributed by atoms with Crippen LogP contribution in [0.3, 0.4) is 0 Å². The van der Waals surface area contributed by atoms with E-state index >= 15 is 0 Å². The highest BCUT2D eigenvalue weighted by Crippen LogP contribution is 2.20. The third kappa shape index (κ3) is 2.44. The van der Waals surface area contributed by atoms with Crippen molar-refractivity contribution in [2.45, 2.75) is 18.9 Å². The molecule has 1 aliphatic rings. The number of hydrogen-bond donors (Lipinski definition) is 1. The Labute approximate surface area is 84.8 Å². The summed E-state index contributed by atoms with van der Waals surface area (Å²) in [5.74, 6) is -0.410. The van der Waals surface area contributed by atoms with E-state index < -0.39 is 15.8 Å². The van der Waals surface area contributed by atoms with Gasteiger partial charge in [-0.2, -0.15) is 9.57 Å². The number of likely N-dealkylation sites (N-methyl/N-ethyl adjacent to an activating group) is 1. The first-order valence-electron chi connectivity index (χ1n) is 4.63. The lowest BCUT2D eigenvalue weighted by Gasteiger charge is -2.22. The normalized spacial score (nSPS) is 23.6. The zero-order valence-corrected chi connectivity index (χ0v) is 9.05. The molecule has 1 fully saturated rings. The molecule has 5 nitrogen and oxygen atoms in total. The molecule has 0 bridgehead atoms. The van der Waals surface area contributed by atoms with Crippen molar-refractivity contribution < 1.29 is 8.42 Å². The molecule has 0 aromatic heterocycles. The minimum atomic E-state index is -3.35. The lowest BCUT2D eigenvalue weighted by molar-refractivity contribution is 0.381. The maximum Gasteiger partial charge on any atom is 0.227 e. The zero-order chi connectivity index (χ0) is 10.6. The molecule has 0 saturated carbocycles. The van der Waals surface area contributed by atoms with Crippen LogP contribution in [-0.4, -0.2) is 44.7 Å². The van der Waals surface area contributed by atoms with Gasteiger partial charge < -0.3 is 5.32 Å². The minimum Gasteiger partial charge on any atom is -0.318 e. The van der Waals surface area contributed by atoms with E-state index in [1.54, 1.807) is 13.1 Å². The molecule has 0 aromatic carbocycles. The fourth-order valence-corrected chi connectivity index (χ4v) is 3.15. The van der Waals surface area contributed by atoms with Gasteiger partial charge in [0.05, 0.1) is 6.07 Å². The van der Waals surface area contributed by atoms with E-state index in [0.29, 0.717) is 13.1 Å². The molecule has 1 rings (SSSR count). The quantitative estimate of drug-likeness (QED) is 0.690. The Morgan fingerprint density at radius 3 is 2.93 bits per heavy atom. The number of nitrogens with zero attached hydrogens (tertiary/aromatic N) is 2. The molecule has 80 valence electrons. The van der Waals surface area contributed by atoms with E-state index in [9.17, 15) is 8.42 Å². The molecule has 1 saturated heterocycles. The standard InChI is InChI=1S/C8H15N3O2S/c1-10-7-8-3-2-5-11(8)14(12,13)6-4-9/h8,10H,2-3,5-7H2,1H3. The molecule has 1 N–H and O–H groups in total. The van der Waals surface area contributed by atoms with Gasteiger partial charge in [-0.25, -0.2) is 8.42 Å². The molecule has 1 heterocycles. The average Bonchev–Trinajstić information content (AvgIpc) is 2.53. The van der Waals surface area contributed by atoms with Gasteiger partial charge in [-0.05, 0) is 19.9 Å². The van der Waals surface area contributed by atoms with E-state index in [2.05, 4.69) is 5.32 Å². The number of rotatable bonds is 4. The van der Waals surface area contributed by atoms with Crippen LogP contribution in [0.25, 0.3) is 0 Å². The summed E-state index contributed by atoms with van der Waals surface area (Å²) in [5, 5.41) is 11.4. The lowest BCUT2D eigenvalue weighted by Crippen LogP contribution is -2.41. The van der Waals surface area contributed by atoms with E-state index in [-0.39, 0.29) is 6.04 Å². The van der Waals surface area contributed by atoms with Crippen LogP contribution in [0, 0.1) is 11.3 Å². The zero-order valence-electron chi connectivity index (χ0n) is 8.23. The van der Waals surface area contributed by atoms with Gasteiger partial charge in [-0.15, -0.1) is 0 Å². The smallest absolute Gasteiger partial charge is 0.227 e. The van der Waals surface area contributed by atoms with E-state index in [1.807, 2.05) is 0 Å². The largest absolute Gasteiger partial charge is 0.318 e. The highest BCUT2D eigenvalue weighted by molar-refractivity contribution is 7.89. The fraction of sp³-hybridized carbons (Fsp3) is 0.875. The van der Waals surface area contributed by atoms with Crippen LogP contribution in [-0.2, 0) is 10.0 Å². The third-order valence-corrected chi connectivity index (χ3v) is 4.06. The maximum absolute atomic E-state index is 11.6. The van der Waals surface area contributed by atoms with Crippen molar-refractivity contribution >= 4 is 10.0 Å². The monoisotopic (exact) mass is 217 g/mol. The van der Waals surface area contributed by atoms with Crippen molar-refractivity contribution in [2.24, 2.45) is 0 Å². The predicted octanol–water partition coefficient (Wildman–Crippen LogP) is -0.476. The highest BCUT2D eigenvalue weighted by Gasteiger charge is 2.33. The van der Waals surface area contributed by atoms with E-state index in [4.69, 9.17) is 5.26 Å². The van der Waals surface area contributed by atoms with Crippen molar-refractivity contribution in [3.05, 3.63) is 0 Å². The minimum absolute atomic E-state index is 0.0262. The van der Waals surface area contributed by atoms with Crippen molar-refractivity contribution in [3.63, 3.8) is 0 Å². The van der Waals surface area contributed by atoms with Crippen molar-refractivity contribution in [1.82, 2.24) is 9.62 Å². The summed E-state index contributed by atoms with van der Waals surface area (Å²) >= 11 is 0. The summed E-state index contributed by atoms with van der Waals surface area (Å²) in [6, 6.07) is 1.72. The van der Waals surface area contributed by atoms with Crippen LogP contribution in [0.2, 0.25) is 0 Å². The van der Waals surface area contributed by atoms with Gasteiger partial charge in [-0.3, -0.25) is 0 Å². The van der Waals surface area contributed by atoms with Gasteiger partial charge in [0.2, 0.25) is 10.0 Å². The SMILES string of the molecule is CNCC1CCCN1S(=O)(=O)CC#N. The van der Waals surface area contributed by atoms with Crippen LogP contribution >= 0.6 is 0 Å². The van der Waals surface area contributed by atoms with Crippen molar-refractivity contribution in [1.29, 1.82) is 5.26 Å². The van der Waals surface area contributed by atoms with Crippen LogP contribution in [0.15, 0.2) is 0 Å². The summed E-state index contributed by atoms with van der Waals surface area (Å²) in [6.45, 7) is 1.21. The number of sulfonamides is 1. The summed E-state index contributed by atoms with van der Waals surface area (Å²) in [6.07, 6.45) is 1.77. The van der Waals surface area contributed by atoms with Crippen molar-refractivity contribution in [2.75, 3.05) is 25.9 Å². The summed E-state index contributed by atoms with van der Waals surface area (Å²) < 4.78 is 24.6. The topological polar surface area (TPSA) is 73.2 Å². The van der Waals surface area contributed by atoms with Crippen LogP contribution in [0.5, 0.6) is 0 Å². The Hall–Kier alpha value is -0.640. The molecule has 14 heavy (non-hydrogen) atoms. The lowest BCUT2D eigenvalue weighted by atomic mass is 10.2. The molecule has 0 radical (unpaired) electrons. The first kappa shape index (κ1) is 11.4. The van der Waals surface area contributed by atoms with Crippen LogP contribution in [0.4, 0.5) is 0 Å². The van der Waals surface area contributed by atoms with E-state index in [0.717, 1.165) is 12.8 Å². The second kappa shape index (κ2) is 4.73. The Bertz CT molecular complexity index is 320. The Morgan fingerprint density at radius 2 is 2.36 bits per heavy atom. The molecule has 0 amide bonds. The van der Waals surface area contributed by atoms with Gasteiger partial charge in [0, 0.05) is 19.1 Å². The molecule has 6 heteroatoms. The first-order valence-corrected chi connectivity index (χ1v) is 6.24. The Kier molecular flexibility index (Phi) is 3.86.